The second kappa shape index (κ2) is 20.7. The van der Waals surface area contributed by atoms with Crippen LogP contribution in [0.15, 0.2) is 6.08 Å². The van der Waals surface area contributed by atoms with Crippen molar-refractivity contribution in [1.82, 2.24) is 8.75 Å². The second-order valence-corrected chi connectivity index (χ2v) is 12.9. The number of nitrogens with zero attached hydrogens (tertiary/aromatic N) is 3. The van der Waals surface area contributed by atoms with Gasteiger partial charge < -0.3 is 28.4 Å². The maximum atomic E-state index is 12.5. The Morgan fingerprint density at radius 1 is 1.02 bits per heavy atom. The largest absolute Gasteiger partial charge is 0.512 e. The summed E-state index contributed by atoms with van der Waals surface area (Å²) >= 11 is 1.14. The zero-order chi connectivity index (χ0) is 33.0. The molecule has 1 atom stereocenters. The predicted molar refractivity (Wildman–Crippen MR) is 166 cm³/mol. The molecule has 0 saturated heterocycles. The standard InChI is InChI=1S/C31H50N3O10S/c1-5-6-7-11-17-41-29-28(32-45-33-29)25-13-12-16-34(4,18-25)22-43-30(38)42-21-31(2,3)15-10-8-9-14-27(37)44-26(19-39-23-35)20-40-24-36/h13,23-24,26H,5-12,14-22H2,1-4H3/q+1. The first-order chi connectivity index (χ1) is 21.6. The molecule has 0 radical (unpaired) electrons. The molecule has 14 heteroatoms. The Bertz CT molecular complexity index is 1070. The Morgan fingerprint density at radius 2 is 1.76 bits per heavy atom. The van der Waals surface area contributed by atoms with Crippen molar-refractivity contribution in [2.24, 2.45) is 5.41 Å². The highest BCUT2D eigenvalue weighted by Crippen LogP contribution is 2.30. The molecule has 0 N–H and O–H groups in total. The predicted octanol–water partition coefficient (Wildman–Crippen LogP) is 5.08. The van der Waals surface area contributed by atoms with Crippen LogP contribution in [0.25, 0.3) is 5.57 Å². The van der Waals surface area contributed by atoms with Crippen molar-refractivity contribution in [2.45, 2.75) is 91.1 Å². The normalized spacial score (nSPS) is 16.4. The molecule has 45 heavy (non-hydrogen) atoms. The molecule has 0 saturated carbocycles. The Balaban J connectivity index is 1.67. The lowest BCUT2D eigenvalue weighted by molar-refractivity contribution is -0.919. The van der Waals surface area contributed by atoms with E-state index in [0.717, 1.165) is 68.1 Å². The van der Waals surface area contributed by atoms with Crippen LogP contribution in [0.1, 0.15) is 90.7 Å². The van der Waals surface area contributed by atoms with Crippen LogP contribution >= 0.6 is 11.7 Å². The van der Waals surface area contributed by atoms with Gasteiger partial charge in [-0.05, 0) is 24.7 Å². The lowest BCUT2D eigenvalue weighted by Gasteiger charge is -2.36. The van der Waals surface area contributed by atoms with E-state index in [-0.39, 0.29) is 51.3 Å². The molecule has 0 aromatic carbocycles. The van der Waals surface area contributed by atoms with E-state index in [0.29, 0.717) is 29.9 Å². The van der Waals surface area contributed by atoms with E-state index < -0.39 is 18.2 Å². The molecule has 1 aromatic heterocycles. The van der Waals surface area contributed by atoms with Crippen LogP contribution < -0.4 is 4.74 Å². The van der Waals surface area contributed by atoms with Crippen LogP contribution in [0.4, 0.5) is 4.79 Å². The number of hydrogen-bond acceptors (Lipinski definition) is 13. The van der Waals surface area contributed by atoms with Gasteiger partial charge in [-0.2, -0.15) is 4.37 Å². The van der Waals surface area contributed by atoms with Gasteiger partial charge in [0.1, 0.15) is 32.1 Å². The summed E-state index contributed by atoms with van der Waals surface area (Å²) in [6.45, 7) is 8.79. The molecule has 13 nitrogen and oxygen atoms in total. The van der Waals surface area contributed by atoms with E-state index in [4.69, 9.17) is 18.9 Å². The fourth-order valence-corrected chi connectivity index (χ4v) is 5.37. The molecule has 2 heterocycles. The van der Waals surface area contributed by atoms with Gasteiger partial charge in [0.25, 0.3) is 18.8 Å². The van der Waals surface area contributed by atoms with E-state index in [9.17, 15) is 19.2 Å². The zero-order valence-electron chi connectivity index (χ0n) is 27.2. The number of rotatable bonds is 24. The van der Waals surface area contributed by atoms with Crippen LogP contribution in [0, 0.1) is 5.41 Å². The molecule has 0 spiro atoms. The first kappa shape index (κ1) is 37.9. The van der Waals surface area contributed by atoms with Crippen molar-refractivity contribution in [3.8, 4) is 5.88 Å². The van der Waals surface area contributed by atoms with Gasteiger partial charge in [-0.15, -0.1) is 4.37 Å². The Labute approximate surface area is 270 Å². The van der Waals surface area contributed by atoms with Gasteiger partial charge in [-0.25, -0.2) is 4.79 Å². The number of carbonyl (C=O) groups is 4. The van der Waals surface area contributed by atoms with E-state index in [1.807, 2.05) is 20.9 Å². The number of quaternary nitrogens is 1. The molecule has 0 aliphatic carbocycles. The number of likely N-dealkylation sites (N-methyl/N-ethyl adjacent to an activating group) is 1. The summed E-state index contributed by atoms with van der Waals surface area (Å²) < 4.78 is 40.7. The third-order valence-corrected chi connectivity index (χ3v) is 7.93. The number of unbranched alkanes of at least 4 members (excludes halogenated alkanes) is 5. The molecular formula is C31H50N3O10S+. The van der Waals surface area contributed by atoms with Crippen molar-refractivity contribution in [1.29, 1.82) is 0 Å². The van der Waals surface area contributed by atoms with Gasteiger partial charge in [-0.3, -0.25) is 18.9 Å². The first-order valence-corrected chi connectivity index (χ1v) is 16.4. The number of hydrogen-bond donors (Lipinski definition) is 0. The van der Waals surface area contributed by atoms with Crippen molar-refractivity contribution < 1.29 is 52.1 Å². The fraction of sp³-hybridized carbons (Fsp3) is 0.742. The van der Waals surface area contributed by atoms with Crippen molar-refractivity contribution >= 4 is 42.4 Å². The van der Waals surface area contributed by atoms with E-state index in [2.05, 4.69) is 31.2 Å². The minimum atomic E-state index is -0.839. The summed E-state index contributed by atoms with van der Waals surface area (Å²) in [6, 6.07) is 0. The van der Waals surface area contributed by atoms with Crippen LogP contribution in [0.5, 0.6) is 5.88 Å². The molecule has 1 aliphatic rings. The summed E-state index contributed by atoms with van der Waals surface area (Å²) in [7, 11) is 2.04. The summed E-state index contributed by atoms with van der Waals surface area (Å²) in [6.07, 6.45) is 9.11. The number of aromatic nitrogens is 2. The lowest BCUT2D eigenvalue weighted by Crippen LogP contribution is -2.49. The maximum Gasteiger partial charge on any atom is 0.512 e. The molecule has 1 aliphatic heterocycles. The highest BCUT2D eigenvalue weighted by Gasteiger charge is 2.32. The van der Waals surface area contributed by atoms with Crippen molar-refractivity contribution in [2.75, 3.05) is 53.3 Å². The van der Waals surface area contributed by atoms with Gasteiger partial charge in [0.05, 0.1) is 31.9 Å². The molecule has 1 unspecified atom stereocenters. The average molecular weight is 657 g/mol. The summed E-state index contributed by atoms with van der Waals surface area (Å²) in [5.74, 6) is 0.117. The monoisotopic (exact) mass is 656 g/mol. The van der Waals surface area contributed by atoms with Gasteiger partial charge in [-0.1, -0.05) is 59.0 Å². The third-order valence-electron chi connectivity index (χ3n) is 7.42. The second-order valence-electron chi connectivity index (χ2n) is 12.4. The molecule has 0 fully saturated rings. The number of ether oxygens (including phenoxy) is 6. The topological polar surface area (TPSA) is 149 Å². The highest BCUT2D eigenvalue weighted by molar-refractivity contribution is 6.99. The first-order valence-electron chi connectivity index (χ1n) is 15.7. The summed E-state index contributed by atoms with van der Waals surface area (Å²) in [5.41, 5.74) is 1.55. The minimum absolute atomic E-state index is 0.181. The number of carbonyl (C=O) groups excluding carboxylic acids is 4. The van der Waals surface area contributed by atoms with E-state index in [1.165, 1.54) is 12.8 Å². The SMILES string of the molecule is CCCCCCOc1nsnc1C1=CCC[N+](C)(COC(=O)OCC(C)(C)CCCCCC(=O)OC(COC=O)COC=O)C1. The smallest absolute Gasteiger partial charge is 0.475 e. The van der Waals surface area contributed by atoms with Crippen LogP contribution in [0.3, 0.4) is 0 Å². The molecule has 0 amide bonds. The lowest BCUT2D eigenvalue weighted by atomic mass is 9.88. The number of esters is 1. The Hall–Kier alpha value is -3.26. The van der Waals surface area contributed by atoms with Crippen LogP contribution in [-0.4, -0.2) is 97.7 Å². The quantitative estimate of drug-likeness (QED) is 0.0480. The van der Waals surface area contributed by atoms with Gasteiger partial charge >= 0.3 is 12.1 Å². The Morgan fingerprint density at radius 3 is 2.47 bits per heavy atom. The van der Waals surface area contributed by atoms with Crippen molar-refractivity contribution in [3.63, 3.8) is 0 Å². The van der Waals surface area contributed by atoms with Gasteiger partial charge in [0.15, 0.2) is 6.10 Å². The molecule has 2 rings (SSSR count). The van der Waals surface area contributed by atoms with Gasteiger partial charge in [0.2, 0.25) is 6.73 Å². The van der Waals surface area contributed by atoms with Crippen LogP contribution in [-0.2, 0) is 38.1 Å². The van der Waals surface area contributed by atoms with E-state index >= 15 is 0 Å². The average Bonchev–Trinajstić information content (AvgIpc) is 3.49. The van der Waals surface area contributed by atoms with Gasteiger partial charge in [0, 0.05) is 18.4 Å². The molecule has 0 bridgehead atoms. The highest BCUT2D eigenvalue weighted by atomic mass is 32.1. The Kier molecular flexibility index (Phi) is 17.5. The molecular weight excluding hydrogens is 606 g/mol. The molecule has 254 valence electrons. The third kappa shape index (κ3) is 15.5. The summed E-state index contributed by atoms with van der Waals surface area (Å²) in [5, 5.41) is 0. The maximum absolute atomic E-state index is 12.5. The fourth-order valence-electron chi connectivity index (χ4n) is 4.84. The minimum Gasteiger partial charge on any atom is -0.475 e. The molecule has 1 aromatic rings. The zero-order valence-corrected chi connectivity index (χ0v) is 28.0. The van der Waals surface area contributed by atoms with Crippen molar-refractivity contribution in [3.05, 3.63) is 11.8 Å². The van der Waals surface area contributed by atoms with Crippen LogP contribution in [0.2, 0.25) is 0 Å². The van der Waals surface area contributed by atoms with E-state index in [1.54, 1.807) is 0 Å². The summed E-state index contributed by atoms with van der Waals surface area (Å²) in [4.78, 5) is 45.3.